The average Bonchev–Trinajstić information content (AvgIpc) is 2.76. The van der Waals surface area contributed by atoms with Crippen LogP contribution in [0.5, 0.6) is 0 Å². The van der Waals surface area contributed by atoms with Crippen molar-refractivity contribution in [2.45, 2.75) is 13.8 Å². The summed E-state index contributed by atoms with van der Waals surface area (Å²) in [6, 6.07) is 19.3. The fraction of sp³-hybridized carbons (Fsp3) is 0.0833. The number of nitrogens with zero attached hydrogens (tertiary/aromatic N) is 3. The lowest BCUT2D eigenvalue weighted by Crippen LogP contribution is -2.18. The van der Waals surface area contributed by atoms with Crippen LogP contribution in [0, 0.1) is 13.8 Å². The monoisotopic (exact) mass is 380 g/mol. The Morgan fingerprint density at radius 3 is 2.72 bits per heavy atom. The van der Waals surface area contributed by atoms with Gasteiger partial charge in [0.25, 0.3) is 5.91 Å². The number of hydrogen-bond donors (Lipinski definition) is 1. The van der Waals surface area contributed by atoms with Crippen molar-refractivity contribution in [1.29, 1.82) is 0 Å². The van der Waals surface area contributed by atoms with Crippen molar-refractivity contribution >= 4 is 23.0 Å². The predicted octanol–water partition coefficient (Wildman–Crippen LogP) is 4.68. The number of pyridine rings is 2. The molecule has 0 saturated heterocycles. The van der Waals surface area contributed by atoms with Gasteiger partial charge in [0, 0.05) is 23.3 Å². The van der Waals surface area contributed by atoms with Gasteiger partial charge in [-0.25, -0.2) is 10.4 Å². The third-order valence-corrected chi connectivity index (χ3v) is 4.72. The molecule has 5 nitrogen and oxygen atoms in total. The Bertz CT molecular complexity index is 1220. The van der Waals surface area contributed by atoms with Crippen molar-refractivity contribution < 1.29 is 4.79 Å². The number of carbonyl (C=O) groups is 1. The van der Waals surface area contributed by atoms with Crippen LogP contribution in [0.1, 0.15) is 27.0 Å². The molecule has 2 aromatic carbocycles. The number of rotatable bonds is 4. The Morgan fingerprint density at radius 2 is 1.90 bits per heavy atom. The molecule has 0 aliphatic carbocycles. The van der Waals surface area contributed by atoms with Gasteiger partial charge in [-0.1, -0.05) is 42.0 Å². The molecule has 0 aliphatic rings. The Balaban J connectivity index is 1.68. The number of aryl methyl sites for hydroxylation is 2. The minimum atomic E-state index is -0.282. The Morgan fingerprint density at radius 1 is 1.03 bits per heavy atom. The van der Waals surface area contributed by atoms with Gasteiger partial charge >= 0.3 is 0 Å². The number of hydrazone groups is 1. The van der Waals surface area contributed by atoms with Gasteiger partial charge in [-0.2, -0.15) is 5.10 Å². The summed E-state index contributed by atoms with van der Waals surface area (Å²) in [4.78, 5) is 21.7. The lowest BCUT2D eigenvalue weighted by Gasteiger charge is -2.09. The van der Waals surface area contributed by atoms with Crippen LogP contribution < -0.4 is 5.43 Å². The summed E-state index contributed by atoms with van der Waals surface area (Å²) in [6.45, 7) is 4.04. The molecule has 0 spiro atoms. The van der Waals surface area contributed by atoms with Crippen molar-refractivity contribution in [1.82, 2.24) is 15.4 Å². The number of hydrogen-bond acceptors (Lipinski definition) is 4. The van der Waals surface area contributed by atoms with Gasteiger partial charge in [-0.05, 0) is 49.2 Å². The number of aromatic nitrogens is 2. The van der Waals surface area contributed by atoms with Gasteiger partial charge < -0.3 is 0 Å². The molecule has 1 amide bonds. The number of fused-ring (bicyclic) bond motifs is 1. The Hall–Kier alpha value is -3.86. The normalized spacial score (nSPS) is 11.1. The van der Waals surface area contributed by atoms with Crippen LogP contribution in [0.15, 0.2) is 78.2 Å². The van der Waals surface area contributed by atoms with Gasteiger partial charge in [-0.3, -0.25) is 9.78 Å². The van der Waals surface area contributed by atoms with E-state index < -0.39 is 0 Å². The molecule has 0 unspecified atom stereocenters. The van der Waals surface area contributed by atoms with Gasteiger partial charge in [0.1, 0.15) is 0 Å². The Labute approximate surface area is 169 Å². The molecule has 0 radical (unpaired) electrons. The second-order valence-electron chi connectivity index (χ2n) is 6.87. The summed E-state index contributed by atoms with van der Waals surface area (Å²) in [7, 11) is 0. The third-order valence-electron chi connectivity index (χ3n) is 4.72. The van der Waals surface area contributed by atoms with Gasteiger partial charge in [0.15, 0.2) is 0 Å². The SMILES string of the molecule is Cc1ccc(C)c(/C=N\NC(=O)c2cc(-c3cccnc3)nc3ccccc23)c1. The van der Waals surface area contributed by atoms with Crippen LogP contribution in [-0.2, 0) is 0 Å². The van der Waals surface area contributed by atoms with Crippen LogP contribution in [0.25, 0.3) is 22.2 Å². The van der Waals surface area contributed by atoms with Gasteiger partial charge in [0.2, 0.25) is 0 Å². The molecule has 0 bridgehead atoms. The number of amides is 1. The first-order valence-corrected chi connectivity index (χ1v) is 9.32. The average molecular weight is 380 g/mol. The number of para-hydroxylation sites is 1. The number of carbonyl (C=O) groups excluding carboxylic acids is 1. The maximum atomic E-state index is 12.9. The van der Waals surface area contributed by atoms with Crippen LogP contribution >= 0.6 is 0 Å². The van der Waals surface area contributed by atoms with E-state index in [0.29, 0.717) is 11.3 Å². The van der Waals surface area contributed by atoms with E-state index in [9.17, 15) is 4.79 Å². The van der Waals surface area contributed by atoms with Gasteiger partial charge in [-0.15, -0.1) is 0 Å². The molecular weight excluding hydrogens is 360 g/mol. The molecular formula is C24H20N4O. The fourth-order valence-corrected chi connectivity index (χ4v) is 3.15. The van der Waals surface area contributed by atoms with E-state index in [0.717, 1.165) is 33.2 Å². The summed E-state index contributed by atoms with van der Waals surface area (Å²) in [6.07, 6.45) is 5.11. The zero-order valence-electron chi connectivity index (χ0n) is 16.3. The van der Waals surface area contributed by atoms with Crippen molar-refractivity contribution in [3.8, 4) is 11.3 Å². The molecule has 142 valence electrons. The molecule has 0 atom stereocenters. The standard InChI is InChI=1S/C24H20N4O/c1-16-9-10-17(2)19(12-16)15-26-28-24(29)21-13-23(18-6-5-11-25-14-18)27-22-8-4-3-7-20(21)22/h3-15H,1-2H3,(H,28,29)/b26-15-. The van der Waals surface area contributed by atoms with Crippen molar-refractivity contribution in [2.24, 2.45) is 5.10 Å². The molecule has 0 fully saturated rings. The molecule has 2 aromatic heterocycles. The predicted molar refractivity (Wildman–Crippen MR) is 116 cm³/mol. The fourth-order valence-electron chi connectivity index (χ4n) is 3.15. The minimum absolute atomic E-state index is 0.282. The third kappa shape index (κ3) is 4.04. The van der Waals surface area contributed by atoms with E-state index in [4.69, 9.17) is 0 Å². The van der Waals surface area contributed by atoms with Crippen LogP contribution in [-0.4, -0.2) is 22.1 Å². The van der Waals surface area contributed by atoms with E-state index in [1.807, 2.05) is 68.4 Å². The molecule has 2 heterocycles. The zero-order valence-corrected chi connectivity index (χ0v) is 16.3. The van der Waals surface area contributed by atoms with E-state index in [2.05, 4.69) is 20.5 Å². The topological polar surface area (TPSA) is 67.2 Å². The van der Waals surface area contributed by atoms with E-state index in [-0.39, 0.29) is 5.91 Å². The van der Waals surface area contributed by atoms with E-state index >= 15 is 0 Å². The van der Waals surface area contributed by atoms with Crippen LogP contribution in [0.2, 0.25) is 0 Å². The molecule has 4 rings (SSSR count). The highest BCUT2D eigenvalue weighted by Crippen LogP contribution is 2.24. The second kappa shape index (κ2) is 8.02. The van der Waals surface area contributed by atoms with Crippen LogP contribution in [0.3, 0.4) is 0 Å². The smallest absolute Gasteiger partial charge is 0.267 e. The first kappa shape index (κ1) is 18.5. The molecule has 1 N–H and O–H groups in total. The minimum Gasteiger partial charge on any atom is -0.267 e. The first-order valence-electron chi connectivity index (χ1n) is 9.32. The summed E-state index contributed by atoms with van der Waals surface area (Å²) >= 11 is 0. The second-order valence-corrected chi connectivity index (χ2v) is 6.87. The molecule has 0 saturated carbocycles. The summed E-state index contributed by atoms with van der Waals surface area (Å²) in [5.41, 5.74) is 8.68. The van der Waals surface area contributed by atoms with Crippen molar-refractivity contribution in [2.75, 3.05) is 0 Å². The number of benzene rings is 2. The Kier molecular flexibility index (Phi) is 5.12. The summed E-state index contributed by atoms with van der Waals surface area (Å²) in [5, 5.41) is 4.95. The van der Waals surface area contributed by atoms with E-state index in [1.165, 1.54) is 0 Å². The van der Waals surface area contributed by atoms with Crippen molar-refractivity contribution in [3.63, 3.8) is 0 Å². The molecule has 5 heteroatoms. The summed E-state index contributed by atoms with van der Waals surface area (Å²) < 4.78 is 0. The highest BCUT2D eigenvalue weighted by Gasteiger charge is 2.13. The van der Waals surface area contributed by atoms with E-state index in [1.54, 1.807) is 24.7 Å². The quantitative estimate of drug-likeness (QED) is 0.413. The molecule has 29 heavy (non-hydrogen) atoms. The summed E-state index contributed by atoms with van der Waals surface area (Å²) in [5.74, 6) is -0.282. The molecule has 0 aliphatic heterocycles. The lowest BCUT2D eigenvalue weighted by atomic mass is 10.0. The first-order chi connectivity index (χ1) is 14.1. The van der Waals surface area contributed by atoms with Crippen LogP contribution in [0.4, 0.5) is 0 Å². The molecule has 4 aromatic rings. The lowest BCUT2D eigenvalue weighted by molar-refractivity contribution is 0.0956. The number of nitrogens with one attached hydrogen (secondary N) is 1. The maximum absolute atomic E-state index is 12.9. The largest absolute Gasteiger partial charge is 0.272 e. The zero-order chi connectivity index (χ0) is 20.2. The highest BCUT2D eigenvalue weighted by molar-refractivity contribution is 6.07. The maximum Gasteiger partial charge on any atom is 0.272 e. The highest BCUT2D eigenvalue weighted by atomic mass is 16.2. The van der Waals surface area contributed by atoms with Gasteiger partial charge in [0.05, 0.1) is 23.0 Å². The van der Waals surface area contributed by atoms with Crippen molar-refractivity contribution in [3.05, 3.63) is 95.3 Å².